The van der Waals surface area contributed by atoms with E-state index < -0.39 is 11.9 Å². The van der Waals surface area contributed by atoms with Crippen LogP contribution in [-0.2, 0) is 4.74 Å². The van der Waals surface area contributed by atoms with Gasteiger partial charge in [-0.3, -0.25) is 0 Å². The highest BCUT2D eigenvalue weighted by Crippen LogP contribution is 2.30. The van der Waals surface area contributed by atoms with Crippen LogP contribution in [0.4, 0.5) is 0 Å². The summed E-state index contributed by atoms with van der Waals surface area (Å²) in [4.78, 5) is 23.3. The molecule has 0 atom stereocenters. The second-order valence-electron chi connectivity index (χ2n) is 4.62. The summed E-state index contributed by atoms with van der Waals surface area (Å²) in [5, 5.41) is 3.85. The minimum absolute atomic E-state index is 0.428. The third-order valence-corrected chi connectivity index (χ3v) is 3.46. The number of carbonyl (C=O) groups is 2. The fourth-order valence-electron chi connectivity index (χ4n) is 2.54. The summed E-state index contributed by atoms with van der Waals surface area (Å²) >= 11 is 0. The molecule has 3 aromatic carbocycles. The van der Waals surface area contributed by atoms with E-state index in [2.05, 4.69) is 0 Å². The topological polar surface area (TPSA) is 43.4 Å². The Morgan fingerprint density at radius 1 is 0.737 bits per heavy atom. The van der Waals surface area contributed by atoms with Gasteiger partial charge in [0.05, 0.1) is 11.1 Å². The molecule has 0 saturated heterocycles. The van der Waals surface area contributed by atoms with Crippen molar-refractivity contribution in [1.82, 2.24) is 0 Å². The molecule has 1 aliphatic rings. The Morgan fingerprint density at radius 3 is 2.26 bits per heavy atom. The monoisotopic (exact) mass is 248 g/mol. The minimum atomic E-state index is -0.576. The van der Waals surface area contributed by atoms with E-state index in [0.29, 0.717) is 11.1 Å². The van der Waals surface area contributed by atoms with E-state index in [4.69, 9.17) is 4.74 Å². The molecule has 3 aromatic rings. The van der Waals surface area contributed by atoms with Crippen molar-refractivity contribution in [2.45, 2.75) is 0 Å². The molecule has 4 rings (SSSR count). The maximum Gasteiger partial charge on any atom is 0.346 e. The van der Waals surface area contributed by atoms with Gasteiger partial charge < -0.3 is 4.74 Å². The first-order valence-corrected chi connectivity index (χ1v) is 5.95. The summed E-state index contributed by atoms with van der Waals surface area (Å²) in [5.41, 5.74) is 0.884. The van der Waals surface area contributed by atoms with E-state index in [1.165, 1.54) is 0 Å². The zero-order chi connectivity index (χ0) is 13.0. The molecule has 0 spiro atoms. The molecule has 0 fully saturated rings. The number of ether oxygens (including phenoxy) is 1. The van der Waals surface area contributed by atoms with Crippen molar-refractivity contribution in [3.05, 3.63) is 59.7 Å². The summed E-state index contributed by atoms with van der Waals surface area (Å²) in [6, 6.07) is 15.2. The molecule has 3 nitrogen and oxygen atoms in total. The molecule has 0 unspecified atom stereocenters. The first-order chi connectivity index (χ1) is 9.22. The molecule has 0 aromatic heterocycles. The predicted octanol–water partition coefficient (Wildman–Crippen LogP) is 3.30. The highest BCUT2D eigenvalue weighted by atomic mass is 16.6. The normalized spacial score (nSPS) is 13.9. The van der Waals surface area contributed by atoms with Gasteiger partial charge in [0.1, 0.15) is 0 Å². The Bertz CT molecular complexity index is 878. The van der Waals surface area contributed by atoms with Gasteiger partial charge in [-0.15, -0.1) is 0 Å². The Morgan fingerprint density at radius 2 is 1.47 bits per heavy atom. The molecule has 90 valence electrons. The summed E-state index contributed by atoms with van der Waals surface area (Å²) in [6.07, 6.45) is 0. The van der Waals surface area contributed by atoms with Crippen molar-refractivity contribution in [1.29, 1.82) is 0 Å². The van der Waals surface area contributed by atoms with Crippen molar-refractivity contribution in [3.63, 3.8) is 0 Å². The summed E-state index contributed by atoms with van der Waals surface area (Å²) in [7, 11) is 0. The lowest BCUT2D eigenvalue weighted by molar-refractivity contribution is 0.0387. The third-order valence-electron chi connectivity index (χ3n) is 3.46. The van der Waals surface area contributed by atoms with Crippen molar-refractivity contribution >= 4 is 33.5 Å². The predicted molar refractivity (Wildman–Crippen MR) is 71.2 cm³/mol. The van der Waals surface area contributed by atoms with Crippen molar-refractivity contribution in [2.24, 2.45) is 0 Å². The Balaban J connectivity index is 2.19. The molecule has 0 radical (unpaired) electrons. The maximum absolute atomic E-state index is 11.8. The molecule has 2 bridgehead atoms. The molecular weight excluding hydrogens is 240 g/mol. The van der Waals surface area contributed by atoms with E-state index in [-0.39, 0.29) is 0 Å². The van der Waals surface area contributed by atoms with Crippen LogP contribution in [-0.4, -0.2) is 11.9 Å². The number of benzene rings is 3. The molecule has 19 heavy (non-hydrogen) atoms. The van der Waals surface area contributed by atoms with Gasteiger partial charge in [0.25, 0.3) is 0 Å². The molecule has 1 heterocycles. The zero-order valence-electron chi connectivity index (χ0n) is 9.84. The molecule has 3 heteroatoms. The van der Waals surface area contributed by atoms with Gasteiger partial charge in [0, 0.05) is 0 Å². The maximum atomic E-state index is 11.8. The van der Waals surface area contributed by atoms with Gasteiger partial charge in [-0.05, 0) is 45.8 Å². The standard InChI is InChI=1S/C16H8O3/c17-15-12-6-11-5-9-3-1-2-4-10(9)7-13(11)14(8-12)16(18)19-15/h1-8H. The Hall–Kier alpha value is -2.68. The SMILES string of the molecule is O=C1OC(=O)c2cc1cc1cc3ccccc3cc21. The molecule has 0 aliphatic carbocycles. The second-order valence-corrected chi connectivity index (χ2v) is 4.62. The van der Waals surface area contributed by atoms with Gasteiger partial charge in [0.2, 0.25) is 0 Å². The number of esters is 2. The van der Waals surface area contributed by atoms with Crippen LogP contribution >= 0.6 is 0 Å². The van der Waals surface area contributed by atoms with Gasteiger partial charge in [-0.25, -0.2) is 9.59 Å². The minimum Gasteiger partial charge on any atom is -0.386 e. The van der Waals surface area contributed by atoms with E-state index >= 15 is 0 Å². The van der Waals surface area contributed by atoms with Crippen LogP contribution in [0.25, 0.3) is 21.5 Å². The van der Waals surface area contributed by atoms with E-state index in [1.54, 1.807) is 12.1 Å². The average molecular weight is 248 g/mol. The number of hydrogen-bond donors (Lipinski definition) is 0. The summed E-state index contributed by atoms with van der Waals surface area (Å²) < 4.78 is 4.71. The van der Waals surface area contributed by atoms with Gasteiger partial charge >= 0.3 is 11.9 Å². The van der Waals surface area contributed by atoms with Crippen LogP contribution < -0.4 is 0 Å². The number of cyclic esters (lactones) is 2. The number of hydrogen-bond acceptors (Lipinski definition) is 3. The fraction of sp³-hybridized carbons (Fsp3) is 0. The number of carbonyl (C=O) groups excluding carboxylic acids is 2. The average Bonchev–Trinajstić information content (AvgIpc) is 2.42. The fourth-order valence-corrected chi connectivity index (χ4v) is 2.54. The highest BCUT2D eigenvalue weighted by Gasteiger charge is 2.25. The lowest BCUT2D eigenvalue weighted by Crippen LogP contribution is -2.19. The zero-order valence-corrected chi connectivity index (χ0v) is 9.84. The van der Waals surface area contributed by atoms with Crippen LogP contribution in [0.1, 0.15) is 20.7 Å². The quantitative estimate of drug-likeness (QED) is 0.348. The molecule has 0 amide bonds. The van der Waals surface area contributed by atoms with Crippen molar-refractivity contribution < 1.29 is 14.3 Å². The molecule has 0 saturated carbocycles. The largest absolute Gasteiger partial charge is 0.386 e. The van der Waals surface area contributed by atoms with Gasteiger partial charge in [0.15, 0.2) is 0 Å². The van der Waals surface area contributed by atoms with Crippen LogP contribution in [0.5, 0.6) is 0 Å². The van der Waals surface area contributed by atoms with Crippen LogP contribution in [0.2, 0.25) is 0 Å². The molecule has 1 aliphatic heterocycles. The van der Waals surface area contributed by atoms with Crippen molar-refractivity contribution in [2.75, 3.05) is 0 Å². The van der Waals surface area contributed by atoms with E-state index in [9.17, 15) is 9.59 Å². The molecular formula is C16H8O3. The first-order valence-electron chi connectivity index (χ1n) is 5.95. The molecule has 0 N–H and O–H groups in total. The summed E-state index contributed by atoms with van der Waals surface area (Å²) in [5.74, 6) is -1.15. The number of fused-ring (bicyclic) bond motifs is 5. The van der Waals surface area contributed by atoms with Crippen molar-refractivity contribution in [3.8, 4) is 0 Å². The van der Waals surface area contributed by atoms with Gasteiger partial charge in [-0.1, -0.05) is 24.3 Å². The smallest absolute Gasteiger partial charge is 0.346 e. The third kappa shape index (κ3) is 1.38. The Kier molecular flexibility index (Phi) is 1.85. The number of rotatable bonds is 0. The highest BCUT2D eigenvalue weighted by molar-refractivity contribution is 6.17. The Labute approximate surface area is 108 Å². The van der Waals surface area contributed by atoms with Crippen LogP contribution in [0.3, 0.4) is 0 Å². The lowest BCUT2D eigenvalue weighted by atomic mass is 9.96. The summed E-state index contributed by atoms with van der Waals surface area (Å²) in [6.45, 7) is 0. The van der Waals surface area contributed by atoms with E-state index in [0.717, 1.165) is 21.5 Å². The van der Waals surface area contributed by atoms with Gasteiger partial charge in [-0.2, -0.15) is 0 Å². The van der Waals surface area contributed by atoms with Crippen LogP contribution in [0.15, 0.2) is 48.5 Å². The van der Waals surface area contributed by atoms with E-state index in [1.807, 2.05) is 36.4 Å². The lowest BCUT2D eigenvalue weighted by Gasteiger charge is -2.14. The van der Waals surface area contributed by atoms with Crippen LogP contribution in [0, 0.1) is 0 Å². The first kappa shape index (κ1) is 10.3. The second kappa shape index (κ2) is 3.42.